The first-order chi connectivity index (χ1) is 12.7. The molecule has 0 radical (unpaired) electrons. The minimum atomic E-state index is 0.217. The highest BCUT2D eigenvalue weighted by Gasteiger charge is 2.34. The quantitative estimate of drug-likeness (QED) is 0.662. The third kappa shape index (κ3) is 5.45. The monoisotopic (exact) mass is 360 g/mol. The molecule has 0 amide bonds. The van der Waals surface area contributed by atoms with Crippen LogP contribution in [0.5, 0.6) is 5.75 Å². The van der Waals surface area contributed by atoms with Gasteiger partial charge in [0.1, 0.15) is 5.75 Å². The van der Waals surface area contributed by atoms with Gasteiger partial charge in [-0.1, -0.05) is 18.6 Å². The topological polar surface area (TPSA) is 24.9 Å². The van der Waals surface area contributed by atoms with Gasteiger partial charge in [-0.3, -0.25) is 0 Å². The van der Waals surface area contributed by atoms with Gasteiger partial charge in [-0.25, -0.2) is 0 Å². The molecule has 0 unspecified atom stereocenters. The molecular weight excluding hydrogens is 324 g/mol. The standard InChI is InChI=1S/C22H36N2O2/c1-23(2)19-22(11-17-25-18-12-22)20-7-9-21(10-8-20)26-16-6-15-24-13-4-3-5-14-24/h7-10H,3-6,11-19H2,1-2H3. The van der Waals surface area contributed by atoms with Crippen molar-refractivity contribution in [2.75, 3.05) is 60.1 Å². The molecule has 146 valence electrons. The Morgan fingerprint density at radius 3 is 2.38 bits per heavy atom. The Balaban J connectivity index is 1.50. The van der Waals surface area contributed by atoms with Crippen LogP contribution >= 0.6 is 0 Å². The number of rotatable bonds is 8. The van der Waals surface area contributed by atoms with Crippen LogP contribution in [0.15, 0.2) is 24.3 Å². The van der Waals surface area contributed by atoms with Gasteiger partial charge in [0.05, 0.1) is 6.61 Å². The van der Waals surface area contributed by atoms with E-state index in [1.807, 2.05) is 0 Å². The summed E-state index contributed by atoms with van der Waals surface area (Å²) in [5.41, 5.74) is 1.64. The predicted octanol–water partition coefficient (Wildman–Crippen LogP) is 3.55. The molecule has 0 N–H and O–H groups in total. The zero-order valence-corrected chi connectivity index (χ0v) is 16.7. The Hall–Kier alpha value is -1.10. The molecule has 0 spiro atoms. The minimum Gasteiger partial charge on any atom is -0.494 e. The normalized spacial score (nSPS) is 21.0. The number of ether oxygens (including phenoxy) is 2. The fourth-order valence-corrected chi connectivity index (χ4v) is 4.47. The second-order valence-corrected chi connectivity index (χ2v) is 8.26. The molecule has 26 heavy (non-hydrogen) atoms. The zero-order valence-electron chi connectivity index (χ0n) is 16.7. The van der Waals surface area contributed by atoms with Crippen molar-refractivity contribution < 1.29 is 9.47 Å². The maximum absolute atomic E-state index is 5.99. The van der Waals surface area contributed by atoms with E-state index >= 15 is 0 Å². The Labute approximate surface area is 159 Å². The molecule has 1 aromatic rings. The fraction of sp³-hybridized carbons (Fsp3) is 0.727. The third-order valence-electron chi connectivity index (χ3n) is 5.87. The van der Waals surface area contributed by atoms with Crippen molar-refractivity contribution in [2.24, 2.45) is 0 Å². The van der Waals surface area contributed by atoms with Crippen LogP contribution in [0.25, 0.3) is 0 Å². The lowest BCUT2D eigenvalue weighted by Crippen LogP contribution is -2.42. The van der Waals surface area contributed by atoms with Crippen LogP contribution in [0.2, 0.25) is 0 Å². The Morgan fingerprint density at radius 2 is 1.73 bits per heavy atom. The van der Waals surface area contributed by atoms with Crippen molar-refractivity contribution >= 4 is 0 Å². The largest absolute Gasteiger partial charge is 0.494 e. The highest BCUT2D eigenvalue weighted by Crippen LogP contribution is 2.36. The zero-order chi connectivity index (χ0) is 18.2. The minimum absolute atomic E-state index is 0.217. The van der Waals surface area contributed by atoms with Crippen molar-refractivity contribution in [3.8, 4) is 5.75 Å². The van der Waals surface area contributed by atoms with E-state index in [0.717, 1.165) is 51.4 Å². The summed E-state index contributed by atoms with van der Waals surface area (Å²) in [6.07, 6.45) is 7.44. The number of benzene rings is 1. The van der Waals surface area contributed by atoms with Crippen molar-refractivity contribution in [1.82, 2.24) is 9.80 Å². The lowest BCUT2D eigenvalue weighted by molar-refractivity contribution is 0.0401. The van der Waals surface area contributed by atoms with Gasteiger partial charge >= 0.3 is 0 Å². The summed E-state index contributed by atoms with van der Waals surface area (Å²) in [4.78, 5) is 4.88. The molecule has 2 fully saturated rings. The van der Waals surface area contributed by atoms with Gasteiger partial charge in [0.25, 0.3) is 0 Å². The van der Waals surface area contributed by atoms with Crippen LogP contribution in [-0.2, 0) is 10.2 Å². The van der Waals surface area contributed by atoms with Crippen LogP contribution in [0.4, 0.5) is 0 Å². The predicted molar refractivity (Wildman–Crippen MR) is 107 cm³/mol. The van der Waals surface area contributed by atoms with Crippen LogP contribution in [0.1, 0.15) is 44.1 Å². The van der Waals surface area contributed by atoms with E-state index < -0.39 is 0 Å². The molecule has 4 heteroatoms. The van der Waals surface area contributed by atoms with E-state index in [0.29, 0.717) is 0 Å². The van der Waals surface area contributed by atoms with Crippen LogP contribution in [-0.4, -0.2) is 69.9 Å². The van der Waals surface area contributed by atoms with Gasteiger partial charge in [0.2, 0.25) is 0 Å². The van der Waals surface area contributed by atoms with E-state index in [1.165, 1.54) is 44.5 Å². The van der Waals surface area contributed by atoms with Crippen molar-refractivity contribution in [3.05, 3.63) is 29.8 Å². The average Bonchev–Trinajstić information content (AvgIpc) is 2.67. The van der Waals surface area contributed by atoms with Crippen LogP contribution < -0.4 is 4.74 Å². The Morgan fingerprint density at radius 1 is 1.04 bits per heavy atom. The second-order valence-electron chi connectivity index (χ2n) is 8.26. The highest BCUT2D eigenvalue weighted by atomic mass is 16.5. The average molecular weight is 361 g/mol. The fourth-order valence-electron chi connectivity index (χ4n) is 4.47. The summed E-state index contributed by atoms with van der Waals surface area (Å²) < 4.78 is 11.6. The number of hydrogen-bond donors (Lipinski definition) is 0. The maximum Gasteiger partial charge on any atom is 0.119 e. The number of likely N-dealkylation sites (N-methyl/N-ethyl adjacent to an activating group) is 1. The van der Waals surface area contributed by atoms with Gasteiger partial charge < -0.3 is 19.3 Å². The van der Waals surface area contributed by atoms with E-state index in [-0.39, 0.29) is 5.41 Å². The summed E-state index contributed by atoms with van der Waals surface area (Å²) in [7, 11) is 4.33. The molecular formula is C22H36N2O2. The summed E-state index contributed by atoms with van der Waals surface area (Å²) in [5.74, 6) is 0.999. The van der Waals surface area contributed by atoms with Gasteiger partial charge in [-0.15, -0.1) is 0 Å². The van der Waals surface area contributed by atoms with Crippen molar-refractivity contribution in [1.29, 1.82) is 0 Å². The second kappa shape index (κ2) is 9.72. The van der Waals surface area contributed by atoms with E-state index in [9.17, 15) is 0 Å². The third-order valence-corrected chi connectivity index (χ3v) is 5.87. The molecule has 1 aromatic carbocycles. The van der Waals surface area contributed by atoms with Gasteiger partial charge in [0, 0.05) is 31.7 Å². The first kappa shape index (κ1) is 19.7. The molecule has 2 heterocycles. The number of piperidine rings is 1. The number of likely N-dealkylation sites (tertiary alicyclic amines) is 1. The number of nitrogens with zero attached hydrogens (tertiary/aromatic N) is 2. The Kier molecular flexibility index (Phi) is 7.35. The summed E-state index contributed by atoms with van der Waals surface area (Å²) in [6.45, 7) is 7.33. The lowest BCUT2D eigenvalue weighted by Gasteiger charge is -2.39. The first-order valence-electron chi connectivity index (χ1n) is 10.4. The summed E-state index contributed by atoms with van der Waals surface area (Å²) in [5, 5.41) is 0. The molecule has 0 atom stereocenters. The van der Waals surface area contributed by atoms with E-state index in [1.54, 1.807) is 0 Å². The molecule has 2 aliphatic heterocycles. The molecule has 0 aromatic heterocycles. The molecule has 0 bridgehead atoms. The smallest absolute Gasteiger partial charge is 0.119 e. The molecule has 2 aliphatic rings. The maximum atomic E-state index is 5.99. The van der Waals surface area contributed by atoms with Crippen LogP contribution in [0.3, 0.4) is 0 Å². The van der Waals surface area contributed by atoms with E-state index in [2.05, 4.69) is 48.2 Å². The van der Waals surface area contributed by atoms with Crippen LogP contribution in [0, 0.1) is 0 Å². The summed E-state index contributed by atoms with van der Waals surface area (Å²) >= 11 is 0. The van der Waals surface area contributed by atoms with Crippen molar-refractivity contribution in [3.63, 3.8) is 0 Å². The lowest BCUT2D eigenvalue weighted by atomic mass is 9.74. The molecule has 4 nitrogen and oxygen atoms in total. The molecule has 3 rings (SSSR count). The highest BCUT2D eigenvalue weighted by molar-refractivity contribution is 5.33. The molecule has 0 aliphatic carbocycles. The van der Waals surface area contributed by atoms with Crippen molar-refractivity contribution in [2.45, 2.75) is 43.9 Å². The van der Waals surface area contributed by atoms with Gasteiger partial charge in [0.15, 0.2) is 0 Å². The van der Waals surface area contributed by atoms with Gasteiger partial charge in [-0.2, -0.15) is 0 Å². The molecule has 2 saturated heterocycles. The summed E-state index contributed by atoms with van der Waals surface area (Å²) in [6, 6.07) is 8.86. The molecule has 0 saturated carbocycles. The van der Waals surface area contributed by atoms with E-state index in [4.69, 9.17) is 9.47 Å². The number of hydrogen-bond acceptors (Lipinski definition) is 4. The van der Waals surface area contributed by atoms with Gasteiger partial charge in [-0.05, 0) is 77.0 Å². The SMILES string of the molecule is CN(C)CC1(c2ccc(OCCCN3CCCCC3)cc2)CCOCC1. The Bertz CT molecular complexity index is 517. The first-order valence-corrected chi connectivity index (χ1v) is 10.4.